The van der Waals surface area contributed by atoms with E-state index in [-0.39, 0.29) is 23.8 Å². The lowest BCUT2D eigenvalue weighted by Gasteiger charge is -2.33. The Balaban J connectivity index is 1.79. The number of nitrogens with zero attached hydrogens (tertiary/aromatic N) is 2. The van der Waals surface area contributed by atoms with Crippen molar-refractivity contribution in [2.45, 2.75) is 30.8 Å². The van der Waals surface area contributed by atoms with E-state index in [1.54, 1.807) is 30.3 Å². The maximum atomic E-state index is 14.4. The highest BCUT2D eigenvalue weighted by Crippen LogP contribution is 2.31. The Kier molecular flexibility index (Phi) is 11.2. The zero-order valence-electron chi connectivity index (χ0n) is 24.5. The van der Waals surface area contributed by atoms with Gasteiger partial charge in [0.15, 0.2) is 0 Å². The largest absolute Gasteiger partial charge is 0.496 e. The molecule has 44 heavy (non-hydrogen) atoms. The van der Waals surface area contributed by atoms with Gasteiger partial charge in [-0.1, -0.05) is 76.1 Å². The van der Waals surface area contributed by atoms with Crippen LogP contribution in [0.2, 0.25) is 0 Å². The van der Waals surface area contributed by atoms with E-state index < -0.39 is 28.5 Å². The molecule has 11 heteroatoms. The third kappa shape index (κ3) is 8.08. The Morgan fingerprint density at radius 1 is 0.886 bits per heavy atom. The van der Waals surface area contributed by atoms with Gasteiger partial charge in [0.2, 0.25) is 11.8 Å². The molecule has 0 aliphatic heterocycles. The van der Waals surface area contributed by atoms with Crippen molar-refractivity contribution in [1.82, 2.24) is 10.2 Å². The topological polar surface area (TPSA) is 96.0 Å². The number of hydrogen-bond donors (Lipinski definition) is 1. The molecule has 0 aliphatic rings. The molecule has 230 valence electrons. The van der Waals surface area contributed by atoms with Crippen LogP contribution in [0.15, 0.2) is 111 Å². The molecule has 0 radical (unpaired) electrons. The molecule has 0 heterocycles. The van der Waals surface area contributed by atoms with E-state index in [9.17, 15) is 18.0 Å². The van der Waals surface area contributed by atoms with E-state index in [1.807, 2.05) is 61.5 Å². The molecular weight excluding hydrogens is 710 g/mol. The molecule has 0 fully saturated rings. The van der Waals surface area contributed by atoms with E-state index in [4.69, 9.17) is 4.74 Å². The number of sulfonamides is 1. The first-order chi connectivity index (χ1) is 21.0. The second kappa shape index (κ2) is 14.9. The fourth-order valence-corrected chi connectivity index (χ4v) is 7.08. The highest BCUT2D eigenvalue weighted by atomic mass is 79.9. The molecule has 0 bridgehead atoms. The number of nitrogens with one attached hydrogen (secondary N) is 1. The summed E-state index contributed by atoms with van der Waals surface area (Å²) in [6, 6.07) is 27.3. The summed E-state index contributed by atoms with van der Waals surface area (Å²) in [5, 5.41) is 2.69. The maximum absolute atomic E-state index is 14.4. The van der Waals surface area contributed by atoms with Gasteiger partial charge in [-0.25, -0.2) is 8.42 Å². The van der Waals surface area contributed by atoms with Crippen LogP contribution in [0.5, 0.6) is 5.75 Å². The molecular formula is C33H33Br2N3O5S. The molecule has 4 rings (SSSR count). The SMILES string of the molecule is CNC(=O)[C@H](Cc1ccccc1)N(Cc1ccc(Br)cc1)C(=O)CN(c1ccc(C)cc1)S(=O)(=O)c1ccc(OC)c(Br)c1. The van der Waals surface area contributed by atoms with Crippen LogP contribution in [-0.2, 0) is 32.6 Å². The number of hydrogen-bond acceptors (Lipinski definition) is 5. The first-order valence-electron chi connectivity index (χ1n) is 13.8. The number of anilines is 1. The number of aryl methyl sites for hydroxylation is 1. The molecule has 1 atom stereocenters. The first-order valence-corrected chi connectivity index (χ1v) is 16.8. The van der Waals surface area contributed by atoms with Crippen molar-refractivity contribution < 1.29 is 22.7 Å². The number of carbonyl (C=O) groups excluding carboxylic acids is 2. The first kappa shape index (κ1) is 33.2. The van der Waals surface area contributed by atoms with Gasteiger partial charge in [0.1, 0.15) is 18.3 Å². The molecule has 8 nitrogen and oxygen atoms in total. The predicted octanol–water partition coefficient (Wildman–Crippen LogP) is 6.11. The molecule has 0 aliphatic carbocycles. The monoisotopic (exact) mass is 741 g/mol. The van der Waals surface area contributed by atoms with Gasteiger partial charge in [-0.05, 0) is 76.4 Å². The van der Waals surface area contributed by atoms with Gasteiger partial charge < -0.3 is 15.0 Å². The summed E-state index contributed by atoms with van der Waals surface area (Å²) in [6.07, 6.45) is 0.242. The summed E-state index contributed by atoms with van der Waals surface area (Å²) in [5.74, 6) is -0.422. The van der Waals surface area contributed by atoms with Crippen LogP contribution in [0, 0.1) is 6.92 Å². The molecule has 2 amide bonds. The minimum absolute atomic E-state index is 0.0230. The molecule has 4 aromatic carbocycles. The lowest BCUT2D eigenvalue weighted by atomic mass is 10.0. The van der Waals surface area contributed by atoms with E-state index in [1.165, 1.54) is 31.2 Å². The van der Waals surface area contributed by atoms with Gasteiger partial charge in [0.05, 0.1) is 22.2 Å². The van der Waals surface area contributed by atoms with Crippen molar-refractivity contribution in [2.24, 2.45) is 0 Å². The van der Waals surface area contributed by atoms with Gasteiger partial charge in [0, 0.05) is 24.5 Å². The Hall–Kier alpha value is -3.67. The lowest BCUT2D eigenvalue weighted by Crippen LogP contribution is -2.53. The van der Waals surface area contributed by atoms with Crippen LogP contribution in [-0.4, -0.2) is 51.9 Å². The van der Waals surface area contributed by atoms with Crippen LogP contribution in [0.3, 0.4) is 0 Å². The van der Waals surface area contributed by atoms with Crippen molar-refractivity contribution in [2.75, 3.05) is 25.0 Å². The van der Waals surface area contributed by atoms with Crippen molar-refractivity contribution in [3.05, 3.63) is 123 Å². The third-order valence-corrected chi connectivity index (χ3v) is 10.0. The second-order valence-electron chi connectivity index (χ2n) is 10.1. The number of carbonyl (C=O) groups is 2. The number of rotatable bonds is 12. The van der Waals surface area contributed by atoms with Crippen molar-refractivity contribution in [3.8, 4) is 5.75 Å². The molecule has 1 N–H and O–H groups in total. The van der Waals surface area contributed by atoms with Crippen LogP contribution >= 0.6 is 31.9 Å². The maximum Gasteiger partial charge on any atom is 0.264 e. The van der Waals surface area contributed by atoms with Gasteiger partial charge in [0.25, 0.3) is 10.0 Å². The number of amides is 2. The smallest absolute Gasteiger partial charge is 0.264 e. The zero-order valence-corrected chi connectivity index (χ0v) is 28.5. The van der Waals surface area contributed by atoms with Crippen molar-refractivity contribution >= 4 is 59.4 Å². The van der Waals surface area contributed by atoms with E-state index in [0.29, 0.717) is 15.9 Å². The number of benzene rings is 4. The van der Waals surface area contributed by atoms with Crippen LogP contribution < -0.4 is 14.4 Å². The number of halogens is 2. The average molecular weight is 744 g/mol. The van der Waals surface area contributed by atoms with E-state index >= 15 is 0 Å². The van der Waals surface area contributed by atoms with E-state index in [2.05, 4.69) is 37.2 Å². The van der Waals surface area contributed by atoms with Crippen LogP contribution in [0.25, 0.3) is 0 Å². The number of ether oxygens (including phenoxy) is 1. The Morgan fingerprint density at radius 3 is 2.14 bits per heavy atom. The lowest BCUT2D eigenvalue weighted by molar-refractivity contribution is -0.139. The summed E-state index contributed by atoms with van der Waals surface area (Å²) in [7, 11) is -1.23. The Labute approximate surface area is 275 Å². The van der Waals surface area contributed by atoms with Gasteiger partial charge in [-0.2, -0.15) is 0 Å². The Morgan fingerprint density at radius 2 is 1.55 bits per heavy atom. The molecule has 0 unspecified atom stereocenters. The van der Waals surface area contributed by atoms with Crippen molar-refractivity contribution in [3.63, 3.8) is 0 Å². The zero-order chi connectivity index (χ0) is 31.9. The fraction of sp³-hybridized carbons (Fsp3) is 0.212. The van der Waals surface area contributed by atoms with Crippen LogP contribution in [0.1, 0.15) is 16.7 Å². The van der Waals surface area contributed by atoms with Gasteiger partial charge in [-0.15, -0.1) is 0 Å². The van der Waals surface area contributed by atoms with E-state index in [0.717, 1.165) is 25.5 Å². The van der Waals surface area contributed by atoms with Gasteiger partial charge in [-0.3, -0.25) is 13.9 Å². The second-order valence-corrected chi connectivity index (χ2v) is 13.7. The average Bonchev–Trinajstić information content (AvgIpc) is 3.02. The predicted molar refractivity (Wildman–Crippen MR) is 179 cm³/mol. The molecule has 0 saturated carbocycles. The summed E-state index contributed by atoms with van der Waals surface area (Å²) in [5.41, 5.74) is 2.90. The minimum atomic E-state index is -4.24. The molecule has 0 saturated heterocycles. The molecule has 0 aromatic heterocycles. The number of likely N-dealkylation sites (N-methyl/N-ethyl adjacent to an activating group) is 1. The number of methoxy groups -OCH3 is 1. The highest BCUT2D eigenvalue weighted by Gasteiger charge is 2.34. The van der Waals surface area contributed by atoms with Crippen LogP contribution in [0.4, 0.5) is 5.69 Å². The summed E-state index contributed by atoms with van der Waals surface area (Å²) in [6.45, 7) is 1.45. The third-order valence-electron chi connectivity index (χ3n) is 7.10. The Bertz CT molecular complexity index is 1700. The normalized spacial score (nSPS) is 11.8. The minimum Gasteiger partial charge on any atom is -0.496 e. The van der Waals surface area contributed by atoms with Crippen molar-refractivity contribution in [1.29, 1.82) is 0 Å². The summed E-state index contributed by atoms with van der Waals surface area (Å²) >= 11 is 6.82. The quantitative estimate of drug-likeness (QED) is 0.189. The summed E-state index contributed by atoms with van der Waals surface area (Å²) in [4.78, 5) is 29.1. The highest BCUT2D eigenvalue weighted by molar-refractivity contribution is 9.10. The molecule has 4 aromatic rings. The molecule has 0 spiro atoms. The summed E-state index contributed by atoms with van der Waals surface area (Å²) < 4.78 is 36.1. The van der Waals surface area contributed by atoms with Gasteiger partial charge >= 0.3 is 0 Å². The fourth-order valence-electron chi connectivity index (χ4n) is 4.68. The standard InChI is InChI=1S/C33H33Br2N3O5S/c1-23-9-15-27(16-10-23)38(44(41,42)28-17-18-31(43-3)29(35)20-28)22-32(39)37(21-25-11-13-26(34)14-12-25)30(33(40)36-2)19-24-7-5-4-6-8-24/h4-18,20,30H,19,21-22H2,1-3H3,(H,36,40)/t30-/m0/s1.